The fourth-order valence-corrected chi connectivity index (χ4v) is 3.81. The smallest absolute Gasteiger partial charge is 0.251 e. The molecule has 0 spiro atoms. The number of methoxy groups -OCH3 is 1. The third-order valence-electron chi connectivity index (χ3n) is 5.61. The van der Waals surface area contributed by atoms with E-state index in [-0.39, 0.29) is 5.56 Å². The predicted molar refractivity (Wildman–Crippen MR) is 126 cm³/mol. The highest BCUT2D eigenvalue weighted by Crippen LogP contribution is 2.16. The van der Waals surface area contributed by atoms with Crippen LogP contribution in [0.2, 0.25) is 0 Å². The zero-order chi connectivity index (χ0) is 22.2. The van der Waals surface area contributed by atoms with Crippen LogP contribution in [0.15, 0.2) is 53.8 Å². The molecule has 2 aromatic rings. The number of aromatic nitrogens is 2. The number of nitrogens with one attached hydrogen (secondary N) is 1. The van der Waals surface area contributed by atoms with Gasteiger partial charge in [0.05, 0.1) is 18.5 Å². The Labute approximate surface area is 185 Å². The van der Waals surface area contributed by atoms with Crippen molar-refractivity contribution in [3.05, 3.63) is 70.6 Å². The second-order valence-corrected chi connectivity index (χ2v) is 7.74. The second-order valence-electron chi connectivity index (χ2n) is 7.74. The summed E-state index contributed by atoms with van der Waals surface area (Å²) < 4.78 is 6.97. The summed E-state index contributed by atoms with van der Waals surface area (Å²) in [5.41, 5.74) is 9.03. The molecule has 0 saturated carbocycles. The fraction of sp³-hybridized carbons (Fsp3) is 0.391. The summed E-state index contributed by atoms with van der Waals surface area (Å²) >= 11 is 0. The lowest BCUT2D eigenvalue weighted by Gasteiger charge is -2.32. The van der Waals surface area contributed by atoms with E-state index in [0.717, 1.165) is 44.6 Å². The normalized spacial score (nSPS) is 15.7. The minimum absolute atomic E-state index is 0.0766. The Morgan fingerprint density at radius 1 is 1.35 bits per heavy atom. The number of hydrogen-bond donors (Lipinski definition) is 2. The molecule has 3 rings (SSSR count). The lowest BCUT2D eigenvalue weighted by Crippen LogP contribution is -2.43. The first kappa shape index (κ1) is 22.8. The van der Waals surface area contributed by atoms with E-state index in [0.29, 0.717) is 35.2 Å². The molecule has 0 aromatic carbocycles. The van der Waals surface area contributed by atoms with Crippen molar-refractivity contribution in [1.82, 2.24) is 19.8 Å². The number of hydrogen-bond acceptors (Lipinski definition) is 6. The summed E-state index contributed by atoms with van der Waals surface area (Å²) in [6.07, 6.45) is 8.96. The second kappa shape index (κ2) is 11.0. The van der Waals surface area contributed by atoms with Crippen LogP contribution in [0, 0.1) is 0 Å². The molecule has 31 heavy (non-hydrogen) atoms. The summed E-state index contributed by atoms with van der Waals surface area (Å²) in [5, 5.41) is 3.59. The van der Waals surface area contributed by atoms with Crippen LogP contribution in [0.25, 0.3) is 6.08 Å². The van der Waals surface area contributed by atoms with E-state index < -0.39 is 0 Å². The van der Waals surface area contributed by atoms with Crippen LogP contribution in [-0.2, 0) is 17.8 Å². The Balaban J connectivity index is 1.55. The van der Waals surface area contributed by atoms with Gasteiger partial charge >= 0.3 is 0 Å². The Hall–Kier alpha value is -2.84. The molecule has 0 bridgehead atoms. The van der Waals surface area contributed by atoms with Gasteiger partial charge in [0, 0.05) is 50.2 Å². The van der Waals surface area contributed by atoms with Crippen LogP contribution in [0.3, 0.4) is 0 Å². The molecule has 0 amide bonds. The molecule has 3 heterocycles. The number of piperidine rings is 1. The van der Waals surface area contributed by atoms with E-state index in [1.54, 1.807) is 36.1 Å². The van der Waals surface area contributed by atoms with Gasteiger partial charge in [0.2, 0.25) is 0 Å². The molecule has 1 fully saturated rings. The van der Waals surface area contributed by atoms with Crippen molar-refractivity contribution >= 4 is 25.1 Å². The number of pyridine rings is 2. The number of rotatable bonds is 9. The van der Waals surface area contributed by atoms with E-state index in [4.69, 9.17) is 18.3 Å². The standard InChI is InChI=1S/C23H30BN5O2/c1-3-20(31-2)13-22-21(25)4-5-23(30)29(22)11-10-28-8-6-19(7-9-28)27-15-17-12-18(24)16-26-14-17/h3-5,12-14,16,19,27H,1,6-11,15,25H2,2H3/b20-13+. The van der Waals surface area contributed by atoms with Crippen molar-refractivity contribution in [2.45, 2.75) is 32.0 Å². The fourth-order valence-electron chi connectivity index (χ4n) is 3.81. The predicted octanol–water partition coefficient (Wildman–Crippen LogP) is 1.05. The molecule has 162 valence electrons. The zero-order valence-corrected chi connectivity index (χ0v) is 18.1. The number of allylic oxidation sites excluding steroid dienone is 1. The van der Waals surface area contributed by atoms with E-state index in [2.05, 4.69) is 21.8 Å². The number of nitrogen functional groups attached to an aromatic ring is 1. The summed E-state index contributed by atoms with van der Waals surface area (Å²) in [6.45, 7) is 7.80. The molecule has 0 unspecified atom stereocenters. The van der Waals surface area contributed by atoms with Crippen molar-refractivity contribution in [1.29, 1.82) is 0 Å². The topological polar surface area (TPSA) is 85.4 Å². The summed E-state index contributed by atoms with van der Waals surface area (Å²) in [4.78, 5) is 19.0. The monoisotopic (exact) mass is 419 g/mol. The van der Waals surface area contributed by atoms with Gasteiger partial charge in [0.25, 0.3) is 5.56 Å². The van der Waals surface area contributed by atoms with Crippen LogP contribution in [-0.4, -0.2) is 55.1 Å². The van der Waals surface area contributed by atoms with Gasteiger partial charge in [-0.3, -0.25) is 9.78 Å². The van der Waals surface area contributed by atoms with Crippen molar-refractivity contribution in [2.75, 3.05) is 32.5 Å². The summed E-state index contributed by atoms with van der Waals surface area (Å²) in [7, 11) is 7.36. The van der Waals surface area contributed by atoms with Gasteiger partial charge < -0.3 is 25.3 Å². The molecular weight excluding hydrogens is 389 g/mol. The van der Waals surface area contributed by atoms with E-state index in [9.17, 15) is 4.79 Å². The third-order valence-corrected chi connectivity index (χ3v) is 5.61. The first-order valence-electron chi connectivity index (χ1n) is 10.5. The first-order valence-corrected chi connectivity index (χ1v) is 10.5. The highest BCUT2D eigenvalue weighted by Gasteiger charge is 2.19. The molecular formula is C23H30BN5O2. The molecule has 1 aliphatic rings. The van der Waals surface area contributed by atoms with Gasteiger partial charge in [-0.25, -0.2) is 0 Å². The number of nitrogens with two attached hydrogens (primary N) is 1. The number of likely N-dealkylation sites (tertiary alicyclic amines) is 1. The zero-order valence-electron chi connectivity index (χ0n) is 18.1. The third kappa shape index (κ3) is 6.32. The van der Waals surface area contributed by atoms with Gasteiger partial charge in [-0.2, -0.15) is 0 Å². The van der Waals surface area contributed by atoms with Crippen LogP contribution in [0.4, 0.5) is 5.69 Å². The van der Waals surface area contributed by atoms with Crippen molar-refractivity contribution < 1.29 is 4.74 Å². The maximum Gasteiger partial charge on any atom is 0.251 e. The first-order chi connectivity index (χ1) is 15.0. The average Bonchev–Trinajstić information content (AvgIpc) is 2.78. The average molecular weight is 419 g/mol. The number of anilines is 1. The summed E-state index contributed by atoms with van der Waals surface area (Å²) in [5.74, 6) is 0.563. The molecule has 2 radical (unpaired) electrons. The van der Waals surface area contributed by atoms with Crippen LogP contribution in [0.5, 0.6) is 0 Å². The van der Waals surface area contributed by atoms with Crippen molar-refractivity contribution in [2.24, 2.45) is 0 Å². The molecule has 8 heteroatoms. The molecule has 7 nitrogen and oxygen atoms in total. The Kier molecular flexibility index (Phi) is 8.09. The van der Waals surface area contributed by atoms with Gasteiger partial charge in [-0.1, -0.05) is 18.1 Å². The summed E-state index contributed by atoms with van der Waals surface area (Å²) in [6, 6.07) is 5.55. The maximum atomic E-state index is 12.5. The van der Waals surface area contributed by atoms with Gasteiger partial charge in [-0.05, 0) is 43.6 Å². The van der Waals surface area contributed by atoms with Crippen molar-refractivity contribution in [3.63, 3.8) is 0 Å². The Morgan fingerprint density at radius 2 is 2.13 bits per heavy atom. The van der Waals surface area contributed by atoms with Crippen molar-refractivity contribution in [3.8, 4) is 0 Å². The van der Waals surface area contributed by atoms with E-state index >= 15 is 0 Å². The molecule has 1 aliphatic heterocycles. The quantitative estimate of drug-likeness (QED) is 0.359. The molecule has 3 N–H and O–H groups in total. The Bertz CT molecular complexity index is 980. The van der Waals surface area contributed by atoms with Gasteiger partial charge in [-0.15, -0.1) is 0 Å². The minimum Gasteiger partial charge on any atom is -0.497 e. The molecule has 0 atom stereocenters. The number of ether oxygens (including phenoxy) is 1. The highest BCUT2D eigenvalue weighted by atomic mass is 16.5. The van der Waals surface area contributed by atoms with Crippen LogP contribution < -0.4 is 22.1 Å². The number of nitrogens with zero attached hydrogens (tertiary/aromatic N) is 3. The lowest BCUT2D eigenvalue weighted by molar-refractivity contribution is 0.190. The minimum atomic E-state index is -0.0766. The van der Waals surface area contributed by atoms with E-state index in [1.165, 1.54) is 6.07 Å². The van der Waals surface area contributed by atoms with Crippen LogP contribution >= 0.6 is 0 Å². The van der Waals surface area contributed by atoms with E-state index in [1.807, 2.05) is 12.3 Å². The van der Waals surface area contributed by atoms with Gasteiger partial charge in [0.1, 0.15) is 13.6 Å². The highest BCUT2D eigenvalue weighted by molar-refractivity contribution is 6.32. The largest absolute Gasteiger partial charge is 0.497 e. The molecule has 2 aromatic heterocycles. The van der Waals surface area contributed by atoms with Crippen LogP contribution in [0.1, 0.15) is 24.1 Å². The SMILES string of the molecule is [B]c1cncc(CNC2CCN(CCn3c(/C=C(\C=C)OC)c(N)ccc3=O)CC2)c1. The maximum absolute atomic E-state index is 12.5. The molecule has 1 saturated heterocycles. The Morgan fingerprint density at radius 3 is 2.81 bits per heavy atom. The molecule has 0 aliphatic carbocycles. The lowest BCUT2D eigenvalue weighted by atomic mass is 9.97. The van der Waals surface area contributed by atoms with Gasteiger partial charge in [0.15, 0.2) is 0 Å².